The predicted octanol–water partition coefficient (Wildman–Crippen LogP) is 1.34. The molecular formula is C10H8O2. The molecule has 0 aromatic rings. The van der Waals surface area contributed by atoms with Crippen molar-refractivity contribution in [2.75, 3.05) is 0 Å². The summed E-state index contributed by atoms with van der Waals surface area (Å²) in [6.07, 6.45) is 7.63. The Morgan fingerprint density at radius 3 is 2.92 bits per heavy atom. The van der Waals surface area contributed by atoms with Crippen molar-refractivity contribution >= 4 is 11.6 Å². The van der Waals surface area contributed by atoms with E-state index in [2.05, 4.69) is 0 Å². The smallest absolute Gasteiger partial charge is 0.185 e. The minimum atomic E-state index is 0.0278. The van der Waals surface area contributed by atoms with Gasteiger partial charge in [0.05, 0.1) is 0 Å². The first kappa shape index (κ1) is 7.22. The van der Waals surface area contributed by atoms with Crippen LogP contribution in [-0.4, -0.2) is 11.6 Å². The Morgan fingerprint density at radius 1 is 1.25 bits per heavy atom. The van der Waals surface area contributed by atoms with Gasteiger partial charge in [-0.2, -0.15) is 0 Å². The Labute approximate surface area is 70.3 Å². The van der Waals surface area contributed by atoms with Gasteiger partial charge < -0.3 is 0 Å². The van der Waals surface area contributed by atoms with Gasteiger partial charge in [0.25, 0.3) is 0 Å². The number of hydrogen-bond donors (Lipinski definition) is 0. The molecule has 2 nitrogen and oxygen atoms in total. The molecule has 0 fully saturated rings. The molecule has 0 saturated heterocycles. The molecule has 60 valence electrons. The van der Waals surface area contributed by atoms with E-state index in [-0.39, 0.29) is 11.6 Å². The van der Waals surface area contributed by atoms with Gasteiger partial charge in [-0.05, 0) is 11.6 Å². The van der Waals surface area contributed by atoms with E-state index < -0.39 is 0 Å². The van der Waals surface area contributed by atoms with Crippen LogP contribution in [-0.2, 0) is 9.59 Å². The van der Waals surface area contributed by atoms with Gasteiger partial charge in [0.1, 0.15) is 5.78 Å². The molecule has 2 aliphatic carbocycles. The normalized spacial score (nSPS) is 21.7. The van der Waals surface area contributed by atoms with Crippen LogP contribution in [0.2, 0.25) is 0 Å². The summed E-state index contributed by atoms with van der Waals surface area (Å²) in [6, 6.07) is 0. The molecule has 0 N–H and O–H groups in total. The second kappa shape index (κ2) is 2.55. The molecule has 0 spiro atoms. The molecule has 0 amide bonds. The summed E-state index contributed by atoms with van der Waals surface area (Å²) < 4.78 is 0. The van der Waals surface area contributed by atoms with Crippen molar-refractivity contribution in [2.24, 2.45) is 0 Å². The zero-order valence-corrected chi connectivity index (χ0v) is 6.54. The molecule has 0 heterocycles. The predicted molar refractivity (Wildman–Crippen MR) is 44.6 cm³/mol. The van der Waals surface area contributed by atoms with E-state index in [1.807, 2.05) is 6.08 Å². The SMILES string of the molecule is O=C1CC=C2C(=O)C=CC=C2C1. The van der Waals surface area contributed by atoms with Crippen molar-refractivity contribution < 1.29 is 9.59 Å². The summed E-state index contributed by atoms with van der Waals surface area (Å²) in [6.45, 7) is 0. The maximum atomic E-state index is 11.2. The largest absolute Gasteiger partial charge is 0.299 e. The van der Waals surface area contributed by atoms with Crippen molar-refractivity contribution in [1.29, 1.82) is 0 Å². The summed E-state index contributed by atoms with van der Waals surface area (Å²) in [5.41, 5.74) is 1.59. The Bertz CT molecular complexity index is 343. The van der Waals surface area contributed by atoms with Crippen LogP contribution >= 0.6 is 0 Å². The van der Waals surface area contributed by atoms with Gasteiger partial charge in [-0.1, -0.05) is 18.2 Å². The lowest BCUT2D eigenvalue weighted by Crippen LogP contribution is -2.14. The molecule has 0 aromatic carbocycles. The summed E-state index contributed by atoms with van der Waals surface area (Å²) in [4.78, 5) is 22.2. The molecule has 0 saturated carbocycles. The summed E-state index contributed by atoms with van der Waals surface area (Å²) in [5, 5.41) is 0. The highest BCUT2D eigenvalue weighted by Gasteiger charge is 2.20. The maximum absolute atomic E-state index is 11.2. The molecule has 0 atom stereocenters. The van der Waals surface area contributed by atoms with Crippen molar-refractivity contribution in [2.45, 2.75) is 12.8 Å². The highest BCUT2D eigenvalue weighted by atomic mass is 16.1. The van der Waals surface area contributed by atoms with Gasteiger partial charge >= 0.3 is 0 Å². The topological polar surface area (TPSA) is 34.1 Å². The molecule has 2 rings (SSSR count). The molecule has 0 aromatic heterocycles. The van der Waals surface area contributed by atoms with Crippen LogP contribution in [0.15, 0.2) is 35.5 Å². The maximum Gasteiger partial charge on any atom is 0.185 e. The Hall–Kier alpha value is -1.44. The van der Waals surface area contributed by atoms with Crippen LogP contribution in [0.4, 0.5) is 0 Å². The lowest BCUT2D eigenvalue weighted by molar-refractivity contribution is -0.117. The third-order valence-electron chi connectivity index (χ3n) is 2.08. The fourth-order valence-corrected chi connectivity index (χ4v) is 1.48. The molecule has 2 heteroatoms. The first-order chi connectivity index (χ1) is 5.77. The zero-order valence-electron chi connectivity index (χ0n) is 6.54. The highest BCUT2D eigenvalue weighted by molar-refractivity contribution is 6.11. The van der Waals surface area contributed by atoms with Crippen LogP contribution in [0.25, 0.3) is 0 Å². The molecule has 12 heavy (non-hydrogen) atoms. The Kier molecular flexibility index (Phi) is 1.54. The van der Waals surface area contributed by atoms with Crippen LogP contribution in [0.1, 0.15) is 12.8 Å². The van der Waals surface area contributed by atoms with Crippen LogP contribution in [0, 0.1) is 0 Å². The van der Waals surface area contributed by atoms with Crippen LogP contribution < -0.4 is 0 Å². The van der Waals surface area contributed by atoms with Gasteiger partial charge in [-0.25, -0.2) is 0 Å². The van der Waals surface area contributed by atoms with E-state index in [0.717, 1.165) is 11.1 Å². The van der Waals surface area contributed by atoms with E-state index in [1.165, 1.54) is 6.08 Å². The van der Waals surface area contributed by atoms with E-state index >= 15 is 0 Å². The summed E-state index contributed by atoms with van der Waals surface area (Å²) in [5.74, 6) is 0.216. The number of ketones is 2. The van der Waals surface area contributed by atoms with E-state index in [9.17, 15) is 9.59 Å². The van der Waals surface area contributed by atoms with E-state index in [4.69, 9.17) is 0 Å². The van der Waals surface area contributed by atoms with Crippen molar-refractivity contribution in [3.05, 3.63) is 35.5 Å². The average Bonchev–Trinajstić information content (AvgIpc) is 2.04. The standard InChI is InChI=1S/C10H8O2/c11-8-4-5-9-7(6-8)2-1-3-10(9)12/h1-3,5H,4,6H2. The van der Waals surface area contributed by atoms with Gasteiger partial charge in [0.15, 0.2) is 5.78 Å². The van der Waals surface area contributed by atoms with Crippen molar-refractivity contribution in [3.8, 4) is 0 Å². The van der Waals surface area contributed by atoms with Crippen molar-refractivity contribution in [1.82, 2.24) is 0 Å². The summed E-state index contributed by atoms with van der Waals surface area (Å²) in [7, 11) is 0. The minimum absolute atomic E-state index is 0.0278. The molecule has 0 radical (unpaired) electrons. The quantitative estimate of drug-likeness (QED) is 0.536. The van der Waals surface area contributed by atoms with Gasteiger partial charge in [-0.3, -0.25) is 9.59 Å². The monoisotopic (exact) mass is 160 g/mol. The fourth-order valence-electron chi connectivity index (χ4n) is 1.48. The highest BCUT2D eigenvalue weighted by Crippen LogP contribution is 2.25. The van der Waals surface area contributed by atoms with Gasteiger partial charge in [0, 0.05) is 18.4 Å². The number of carbonyl (C=O) groups excluding carboxylic acids is 2. The number of carbonyl (C=O) groups is 2. The number of Topliss-reactive ketones (excluding diaryl/α,β-unsaturated/α-hetero) is 1. The van der Waals surface area contributed by atoms with Crippen LogP contribution in [0.3, 0.4) is 0 Å². The zero-order chi connectivity index (χ0) is 8.55. The van der Waals surface area contributed by atoms with Crippen LogP contribution in [0.5, 0.6) is 0 Å². The van der Waals surface area contributed by atoms with Gasteiger partial charge in [0.2, 0.25) is 0 Å². The van der Waals surface area contributed by atoms with E-state index in [1.54, 1.807) is 12.2 Å². The number of fused-ring (bicyclic) bond motifs is 1. The van der Waals surface area contributed by atoms with E-state index in [0.29, 0.717) is 12.8 Å². The van der Waals surface area contributed by atoms with Gasteiger partial charge in [-0.15, -0.1) is 0 Å². The number of hydrogen-bond acceptors (Lipinski definition) is 2. The number of allylic oxidation sites excluding steroid dienone is 6. The second-order valence-electron chi connectivity index (χ2n) is 2.95. The third kappa shape index (κ3) is 1.05. The minimum Gasteiger partial charge on any atom is -0.299 e. The third-order valence-corrected chi connectivity index (χ3v) is 2.08. The Balaban J connectivity index is 2.44. The lowest BCUT2D eigenvalue weighted by atomic mass is 9.87. The fraction of sp³-hybridized carbons (Fsp3) is 0.200. The first-order valence-electron chi connectivity index (χ1n) is 3.91. The molecule has 0 bridgehead atoms. The molecular weight excluding hydrogens is 152 g/mol. The molecule has 2 aliphatic rings. The summed E-state index contributed by atoms with van der Waals surface area (Å²) >= 11 is 0. The molecule has 0 unspecified atom stereocenters. The number of rotatable bonds is 0. The second-order valence-corrected chi connectivity index (χ2v) is 2.95. The molecule has 0 aliphatic heterocycles. The van der Waals surface area contributed by atoms with Crippen molar-refractivity contribution in [3.63, 3.8) is 0 Å². The Morgan fingerprint density at radius 2 is 2.08 bits per heavy atom. The average molecular weight is 160 g/mol. The lowest BCUT2D eigenvalue weighted by Gasteiger charge is -2.15. The first-order valence-corrected chi connectivity index (χ1v) is 3.91.